The van der Waals surface area contributed by atoms with Crippen LogP contribution in [0.5, 0.6) is 11.5 Å². The van der Waals surface area contributed by atoms with Crippen LogP contribution in [0.2, 0.25) is 0 Å². The zero-order valence-corrected chi connectivity index (χ0v) is 14.9. The lowest BCUT2D eigenvalue weighted by molar-refractivity contribution is 0.174. The fourth-order valence-electron chi connectivity index (χ4n) is 3.27. The normalized spacial score (nSPS) is 12.0. The van der Waals surface area contributed by atoms with Crippen LogP contribution in [0.4, 0.5) is 0 Å². The smallest absolute Gasteiger partial charge is 0.231 e. The van der Waals surface area contributed by atoms with Gasteiger partial charge in [-0.25, -0.2) is 4.68 Å². The Morgan fingerprint density at radius 2 is 1.57 bits per heavy atom. The summed E-state index contributed by atoms with van der Waals surface area (Å²) in [6, 6.07) is 27.5. The van der Waals surface area contributed by atoms with Crippen LogP contribution in [-0.4, -0.2) is 16.6 Å². The molecule has 1 aliphatic rings. The summed E-state index contributed by atoms with van der Waals surface area (Å²) in [4.78, 5) is 0. The van der Waals surface area contributed by atoms with Crippen LogP contribution < -0.4 is 9.47 Å². The lowest BCUT2D eigenvalue weighted by atomic mass is 10.1. The standard InChI is InChI=1S/C23H15N3O2/c24-14-16-6-8-17(9-7-16)20-13-21(26(25-20)19-4-2-1-3-5-19)18-10-11-22-23(12-18)28-15-27-22/h1-13H,15H2. The van der Waals surface area contributed by atoms with Gasteiger partial charge in [0.05, 0.1) is 28.7 Å². The maximum absolute atomic E-state index is 9.03. The molecule has 5 heteroatoms. The van der Waals surface area contributed by atoms with Crippen molar-refractivity contribution in [2.45, 2.75) is 0 Å². The third-order valence-electron chi connectivity index (χ3n) is 4.69. The summed E-state index contributed by atoms with van der Waals surface area (Å²) in [6.45, 7) is 0.243. The average molecular weight is 365 g/mol. The van der Waals surface area contributed by atoms with Crippen molar-refractivity contribution in [3.63, 3.8) is 0 Å². The van der Waals surface area contributed by atoms with Gasteiger partial charge in [0, 0.05) is 11.1 Å². The predicted molar refractivity (Wildman–Crippen MR) is 105 cm³/mol. The van der Waals surface area contributed by atoms with Crippen LogP contribution in [0.1, 0.15) is 5.56 Å². The van der Waals surface area contributed by atoms with Crippen molar-refractivity contribution in [3.05, 3.63) is 84.4 Å². The molecular weight excluding hydrogens is 350 g/mol. The first-order valence-electron chi connectivity index (χ1n) is 8.88. The van der Waals surface area contributed by atoms with Gasteiger partial charge in [-0.3, -0.25) is 0 Å². The molecule has 0 unspecified atom stereocenters. The molecule has 134 valence electrons. The van der Waals surface area contributed by atoms with E-state index in [1.54, 1.807) is 12.1 Å². The maximum Gasteiger partial charge on any atom is 0.231 e. The molecule has 0 atom stereocenters. The molecule has 0 spiro atoms. The van der Waals surface area contributed by atoms with Crippen molar-refractivity contribution in [3.8, 4) is 45.8 Å². The first-order chi connectivity index (χ1) is 13.8. The highest BCUT2D eigenvalue weighted by atomic mass is 16.7. The maximum atomic E-state index is 9.03. The second kappa shape index (κ2) is 6.60. The average Bonchev–Trinajstić information content (AvgIpc) is 3.41. The summed E-state index contributed by atoms with van der Waals surface area (Å²) in [6.07, 6.45) is 0. The number of para-hydroxylation sites is 1. The van der Waals surface area contributed by atoms with Gasteiger partial charge in [-0.05, 0) is 48.5 Å². The van der Waals surface area contributed by atoms with E-state index in [1.165, 1.54) is 0 Å². The Morgan fingerprint density at radius 3 is 2.36 bits per heavy atom. The van der Waals surface area contributed by atoms with Gasteiger partial charge in [-0.2, -0.15) is 10.4 Å². The summed E-state index contributed by atoms with van der Waals surface area (Å²) >= 11 is 0. The molecule has 1 aromatic heterocycles. The van der Waals surface area contributed by atoms with Gasteiger partial charge in [0.1, 0.15) is 0 Å². The van der Waals surface area contributed by atoms with E-state index in [1.807, 2.05) is 71.4 Å². The van der Waals surface area contributed by atoms with Crippen LogP contribution in [0.25, 0.3) is 28.2 Å². The van der Waals surface area contributed by atoms with Gasteiger partial charge in [0.25, 0.3) is 0 Å². The largest absolute Gasteiger partial charge is 0.454 e. The number of fused-ring (bicyclic) bond motifs is 1. The first kappa shape index (κ1) is 16.2. The van der Waals surface area contributed by atoms with E-state index in [4.69, 9.17) is 19.8 Å². The molecule has 0 fully saturated rings. The molecule has 0 bridgehead atoms. The summed E-state index contributed by atoms with van der Waals surface area (Å²) in [5, 5.41) is 13.9. The molecule has 3 aromatic carbocycles. The minimum absolute atomic E-state index is 0.243. The van der Waals surface area contributed by atoms with E-state index in [9.17, 15) is 0 Å². The minimum Gasteiger partial charge on any atom is -0.454 e. The Balaban J connectivity index is 1.66. The minimum atomic E-state index is 0.243. The molecule has 4 aromatic rings. The van der Waals surface area contributed by atoms with Crippen molar-refractivity contribution in [1.29, 1.82) is 5.26 Å². The Kier molecular flexibility index (Phi) is 3.81. The molecule has 0 saturated heterocycles. The quantitative estimate of drug-likeness (QED) is 0.523. The van der Waals surface area contributed by atoms with Crippen LogP contribution in [0, 0.1) is 11.3 Å². The molecule has 5 nitrogen and oxygen atoms in total. The fraction of sp³-hybridized carbons (Fsp3) is 0.0435. The highest BCUT2D eigenvalue weighted by Crippen LogP contribution is 2.37. The molecule has 0 radical (unpaired) electrons. The van der Waals surface area contributed by atoms with Crippen LogP contribution in [0.3, 0.4) is 0 Å². The molecule has 0 amide bonds. The van der Waals surface area contributed by atoms with Crippen molar-refractivity contribution >= 4 is 0 Å². The summed E-state index contributed by atoms with van der Waals surface area (Å²) in [5.41, 5.74) is 5.32. The molecule has 2 heterocycles. The van der Waals surface area contributed by atoms with Gasteiger partial charge < -0.3 is 9.47 Å². The van der Waals surface area contributed by atoms with Crippen molar-refractivity contribution in [2.24, 2.45) is 0 Å². The topological polar surface area (TPSA) is 60.1 Å². The summed E-state index contributed by atoms with van der Waals surface area (Å²) in [5.74, 6) is 1.49. The number of hydrogen-bond donors (Lipinski definition) is 0. The van der Waals surface area contributed by atoms with Gasteiger partial charge in [0.2, 0.25) is 6.79 Å². The zero-order chi connectivity index (χ0) is 18.9. The Bertz CT molecular complexity index is 1190. The van der Waals surface area contributed by atoms with Gasteiger partial charge in [0.15, 0.2) is 11.5 Å². The molecule has 0 saturated carbocycles. The number of aromatic nitrogens is 2. The second-order valence-electron chi connectivity index (χ2n) is 6.42. The second-order valence-corrected chi connectivity index (χ2v) is 6.42. The number of ether oxygens (including phenoxy) is 2. The van der Waals surface area contributed by atoms with Crippen LogP contribution >= 0.6 is 0 Å². The Labute approximate surface area is 162 Å². The Morgan fingerprint density at radius 1 is 0.821 bits per heavy atom. The van der Waals surface area contributed by atoms with Crippen molar-refractivity contribution in [1.82, 2.24) is 9.78 Å². The number of nitrogens with zero attached hydrogens (tertiary/aromatic N) is 3. The molecule has 0 aliphatic carbocycles. The SMILES string of the molecule is N#Cc1ccc(-c2cc(-c3ccc4c(c3)OCO4)n(-c3ccccc3)n2)cc1. The van der Waals surface area contributed by atoms with E-state index in [0.717, 1.165) is 39.7 Å². The monoisotopic (exact) mass is 365 g/mol. The summed E-state index contributed by atoms with van der Waals surface area (Å²) in [7, 11) is 0. The van der Waals surface area contributed by atoms with Crippen molar-refractivity contribution < 1.29 is 9.47 Å². The lowest BCUT2D eigenvalue weighted by Gasteiger charge is -2.08. The van der Waals surface area contributed by atoms with Crippen LogP contribution in [-0.2, 0) is 0 Å². The molecule has 0 N–H and O–H groups in total. The predicted octanol–water partition coefficient (Wildman–Crippen LogP) is 4.81. The Hall–Kier alpha value is -4.04. The van der Waals surface area contributed by atoms with Gasteiger partial charge >= 0.3 is 0 Å². The number of benzene rings is 3. The fourth-order valence-corrected chi connectivity index (χ4v) is 3.27. The van der Waals surface area contributed by atoms with Gasteiger partial charge in [-0.1, -0.05) is 30.3 Å². The number of hydrogen-bond acceptors (Lipinski definition) is 4. The van der Waals surface area contributed by atoms with E-state index in [-0.39, 0.29) is 6.79 Å². The zero-order valence-electron chi connectivity index (χ0n) is 14.9. The molecule has 28 heavy (non-hydrogen) atoms. The molecule has 1 aliphatic heterocycles. The van der Waals surface area contributed by atoms with E-state index in [0.29, 0.717) is 5.56 Å². The van der Waals surface area contributed by atoms with Gasteiger partial charge in [-0.15, -0.1) is 0 Å². The van der Waals surface area contributed by atoms with Crippen molar-refractivity contribution in [2.75, 3.05) is 6.79 Å². The first-order valence-corrected chi connectivity index (χ1v) is 8.88. The third-order valence-corrected chi connectivity index (χ3v) is 4.69. The van der Waals surface area contributed by atoms with E-state index >= 15 is 0 Å². The molecule has 5 rings (SSSR count). The number of nitriles is 1. The van der Waals surface area contributed by atoms with E-state index < -0.39 is 0 Å². The van der Waals surface area contributed by atoms with Crippen LogP contribution in [0.15, 0.2) is 78.9 Å². The highest BCUT2D eigenvalue weighted by molar-refractivity contribution is 5.72. The molecular formula is C23H15N3O2. The third kappa shape index (κ3) is 2.78. The van der Waals surface area contributed by atoms with E-state index in [2.05, 4.69) is 6.07 Å². The summed E-state index contributed by atoms with van der Waals surface area (Å²) < 4.78 is 12.9. The lowest BCUT2D eigenvalue weighted by Crippen LogP contribution is -1.99. The number of rotatable bonds is 3. The highest BCUT2D eigenvalue weighted by Gasteiger charge is 2.18.